The molecule has 0 radical (unpaired) electrons. The smallest absolute Gasteiger partial charge is 0.456 e. The second-order valence-corrected chi connectivity index (χ2v) is 25.4. The molecule has 16 nitrogen and oxygen atoms in total. The molecule has 2 unspecified atom stereocenters. The summed E-state index contributed by atoms with van der Waals surface area (Å²) in [6.45, 7) is 18.4. The quantitative estimate of drug-likeness (QED) is 0.0613. The summed E-state index contributed by atoms with van der Waals surface area (Å²) in [6, 6.07) is 12.2. The molecule has 2 aromatic rings. The van der Waals surface area contributed by atoms with Crippen LogP contribution in [0.2, 0.25) is 18.1 Å². The highest BCUT2D eigenvalue weighted by Crippen LogP contribution is 2.63. The Bertz CT molecular complexity index is 2170. The fraction of sp³-hybridized carbons (Fsp3) is 0.646. The second kappa shape index (κ2) is 19.1. The van der Waals surface area contributed by atoms with Gasteiger partial charge in [0, 0.05) is 29.1 Å². The standard InChI is InChI=1S/C48H67NO15SSi/c1-12-58-43(55)61-35-33-27(5)29(60-41(53)36(64-66(13-2,14-3)15-4)34(30-22-19-23-65-30)49-42(54)63-44(6,7)8)25-48(57,45(33,9)10)39(62-40(52)28-20-17-16-18-21-28)37-46(11,38(35)51)31(50)24-32-47(37,56)26-59-32/h16-23,29,31-32,34-37,39,50,56-57H,12-15,24-26H2,1-11H3,(H,49,54)/t29-,31-,32+,34-,35+,36+,37?,39?,46+,47-,48+/m0/s1/i50D. The Morgan fingerprint density at radius 3 is 2.20 bits per heavy atom. The van der Waals surface area contributed by atoms with Gasteiger partial charge in [-0.15, -0.1) is 11.3 Å². The van der Waals surface area contributed by atoms with Crippen LogP contribution in [0.3, 0.4) is 0 Å². The number of hydrogen-bond donors (Lipinski definition) is 4. The number of nitrogens with one attached hydrogen (secondary N) is 1. The van der Waals surface area contributed by atoms with Gasteiger partial charge in [-0.25, -0.2) is 19.2 Å². The molecule has 4 aliphatic rings. The molecule has 18 heteroatoms. The van der Waals surface area contributed by atoms with Gasteiger partial charge in [0.15, 0.2) is 26.3 Å². The van der Waals surface area contributed by atoms with Crippen LogP contribution in [0.15, 0.2) is 59.0 Å². The van der Waals surface area contributed by atoms with Gasteiger partial charge in [0.05, 0.1) is 36.4 Å². The molecule has 2 bridgehead atoms. The van der Waals surface area contributed by atoms with E-state index in [2.05, 4.69) is 5.32 Å². The zero-order valence-corrected chi connectivity index (χ0v) is 41.6. The first-order chi connectivity index (χ1) is 31.4. The minimum atomic E-state index is -2.73. The van der Waals surface area contributed by atoms with Crippen molar-refractivity contribution >= 4 is 49.6 Å². The first-order valence-electron chi connectivity index (χ1n) is 23.3. The number of benzene rings is 1. The SMILES string of the molecule is [2H]O[C@H]1C[C@H]2OC[C@@]2(O)C2C(OC(=O)c3ccccc3)[C@]3(O)C[C@H](OC(=O)[C@H](O[Si](CC)(CC)CC)[C@@H](NC(=O)OC(C)(C)C)c4cccs4)C(C)=C([C@@H](OC(=O)OCC)C(=O)[C@@]21C)C3(C)C. The van der Waals surface area contributed by atoms with Crippen LogP contribution in [-0.2, 0) is 42.4 Å². The number of rotatable bonds is 15. The lowest BCUT2D eigenvalue weighted by atomic mass is 9.44. The third kappa shape index (κ3) is 9.10. The Labute approximate surface area is 393 Å². The van der Waals surface area contributed by atoms with E-state index in [0.717, 1.165) is 0 Å². The van der Waals surface area contributed by atoms with Gasteiger partial charge in [0.25, 0.3) is 0 Å². The molecular weight excluding hydrogens is 891 g/mol. The predicted molar refractivity (Wildman–Crippen MR) is 244 cm³/mol. The van der Waals surface area contributed by atoms with Gasteiger partial charge in [-0.1, -0.05) is 58.9 Å². The fourth-order valence-corrected chi connectivity index (χ4v) is 14.2. The Hall–Kier alpha value is -4.17. The van der Waals surface area contributed by atoms with Crippen molar-refractivity contribution in [3.63, 3.8) is 0 Å². The lowest BCUT2D eigenvalue weighted by Gasteiger charge is -2.66. The number of esters is 2. The highest BCUT2D eigenvalue weighted by molar-refractivity contribution is 7.10. The van der Waals surface area contributed by atoms with Gasteiger partial charge in [0.2, 0.25) is 1.43 Å². The summed E-state index contributed by atoms with van der Waals surface area (Å²) >= 11 is 1.29. The van der Waals surface area contributed by atoms with Crippen molar-refractivity contribution < 1.29 is 72.1 Å². The van der Waals surface area contributed by atoms with Crippen LogP contribution in [0, 0.1) is 16.7 Å². The molecule has 1 amide bonds. The number of carbonyl (C=O) groups excluding carboxylic acids is 5. The Morgan fingerprint density at radius 2 is 1.65 bits per heavy atom. The summed E-state index contributed by atoms with van der Waals surface area (Å²) in [6.07, 6.45) is -11.6. The van der Waals surface area contributed by atoms with Gasteiger partial charge in [-0.2, -0.15) is 0 Å². The maximum absolute atomic E-state index is 15.8. The van der Waals surface area contributed by atoms with Crippen LogP contribution in [-0.4, -0.2) is 122 Å². The highest BCUT2D eigenvalue weighted by Gasteiger charge is 2.77. The molecule has 2 heterocycles. The lowest BCUT2D eigenvalue weighted by Crippen LogP contribution is -2.81. The summed E-state index contributed by atoms with van der Waals surface area (Å²) in [5.41, 5.74) is -8.58. The maximum Gasteiger partial charge on any atom is 0.509 e. The molecule has 3 aliphatic carbocycles. The minimum absolute atomic E-state index is 0.0128. The van der Waals surface area contributed by atoms with Crippen LogP contribution in [0.4, 0.5) is 9.59 Å². The number of amides is 1. The first-order valence-corrected chi connectivity index (χ1v) is 26.3. The van der Waals surface area contributed by atoms with Crippen molar-refractivity contribution in [2.24, 2.45) is 16.7 Å². The van der Waals surface area contributed by atoms with Gasteiger partial charge in [0.1, 0.15) is 35.1 Å². The molecule has 1 aliphatic heterocycles. The topological polar surface area (TPSA) is 223 Å². The van der Waals surface area contributed by atoms with Gasteiger partial charge in [-0.05, 0) is 94.4 Å². The average Bonchev–Trinajstić information content (AvgIpc) is 3.81. The van der Waals surface area contributed by atoms with Crippen molar-refractivity contribution in [2.45, 2.75) is 167 Å². The minimum Gasteiger partial charge on any atom is -0.456 e. The molecule has 2 saturated carbocycles. The summed E-state index contributed by atoms with van der Waals surface area (Å²) in [4.78, 5) is 73.1. The first kappa shape index (κ1) is 49.7. The Balaban J connectivity index is 1.58. The molecule has 11 atom stereocenters. The summed E-state index contributed by atoms with van der Waals surface area (Å²) in [5.74, 6) is -4.24. The van der Waals surface area contributed by atoms with Crippen LogP contribution in [0.5, 0.6) is 0 Å². The number of carbonyl (C=O) groups is 5. The van der Waals surface area contributed by atoms with E-state index >= 15 is 9.59 Å². The number of alkyl carbamates (subject to hydrolysis) is 1. The molecule has 6 rings (SSSR count). The number of fused-ring (bicyclic) bond motifs is 5. The van der Waals surface area contributed by atoms with Crippen LogP contribution in [0.25, 0.3) is 0 Å². The van der Waals surface area contributed by atoms with Crippen molar-refractivity contribution in [1.29, 1.82) is 1.43 Å². The van der Waals surface area contributed by atoms with E-state index in [9.17, 15) is 24.6 Å². The van der Waals surface area contributed by atoms with Gasteiger partial charge < -0.3 is 53.5 Å². The largest absolute Gasteiger partial charge is 0.509 e. The fourth-order valence-electron chi connectivity index (χ4n) is 10.6. The number of aliphatic hydroxyl groups excluding tert-OH is 1. The van der Waals surface area contributed by atoms with E-state index in [1.54, 1.807) is 84.2 Å². The molecule has 1 aromatic heterocycles. The molecular formula is C48H67NO15SSi. The number of thiophene rings is 1. The van der Waals surface area contributed by atoms with E-state index in [4.69, 9.17) is 39.4 Å². The molecule has 3 fully saturated rings. The predicted octanol–water partition coefficient (Wildman–Crippen LogP) is 6.96. The van der Waals surface area contributed by atoms with Crippen molar-refractivity contribution in [3.05, 3.63) is 69.4 Å². The summed E-state index contributed by atoms with van der Waals surface area (Å²) in [7, 11) is -2.73. The normalized spacial score (nSPS) is 31.5. The zero-order valence-electron chi connectivity index (χ0n) is 40.8. The van der Waals surface area contributed by atoms with Gasteiger partial charge in [-0.3, -0.25) is 4.79 Å². The Morgan fingerprint density at radius 1 is 0.985 bits per heavy atom. The van der Waals surface area contributed by atoms with Crippen LogP contribution < -0.4 is 5.32 Å². The lowest BCUT2D eigenvalue weighted by molar-refractivity contribution is -0.343. The monoisotopic (exact) mass is 958 g/mol. The van der Waals surface area contributed by atoms with E-state index in [1.165, 1.54) is 30.4 Å². The van der Waals surface area contributed by atoms with Crippen molar-refractivity contribution in [3.8, 4) is 0 Å². The summed E-state index contributed by atoms with van der Waals surface area (Å²) < 4.78 is 50.9. The molecule has 364 valence electrons. The molecule has 1 saturated heterocycles. The van der Waals surface area contributed by atoms with Gasteiger partial charge >= 0.3 is 24.2 Å². The van der Waals surface area contributed by atoms with E-state index in [0.29, 0.717) is 23.0 Å². The van der Waals surface area contributed by atoms with Crippen molar-refractivity contribution in [2.75, 3.05) is 13.2 Å². The number of ether oxygens (including phenoxy) is 6. The van der Waals surface area contributed by atoms with E-state index in [-0.39, 0.29) is 36.3 Å². The van der Waals surface area contributed by atoms with E-state index in [1.807, 2.05) is 20.8 Å². The number of hydrogen-bond acceptors (Lipinski definition) is 16. The number of Topliss-reactive ketones (excluding diaryl/α,β-unsaturated/α-hetero) is 1. The second-order valence-electron chi connectivity index (χ2n) is 19.7. The summed E-state index contributed by atoms with van der Waals surface area (Å²) in [5, 5.41) is 36.6. The maximum atomic E-state index is 15.8. The van der Waals surface area contributed by atoms with Crippen LogP contribution in [0.1, 0.15) is 110 Å². The van der Waals surface area contributed by atoms with Crippen molar-refractivity contribution in [1.82, 2.24) is 5.32 Å². The average molecular weight is 959 g/mol. The molecule has 1 aromatic carbocycles. The van der Waals surface area contributed by atoms with E-state index < -0.39 is 121 Å². The highest BCUT2D eigenvalue weighted by atomic mass is 32.1. The zero-order chi connectivity index (χ0) is 49.5. The third-order valence-corrected chi connectivity index (χ3v) is 20.2. The molecule has 66 heavy (non-hydrogen) atoms. The Kier molecular flexibility index (Phi) is 14.4. The molecule has 4 N–H and O–H groups in total. The number of aliphatic hydroxyl groups is 3. The number of ketones is 1. The third-order valence-electron chi connectivity index (χ3n) is 14.7. The van der Waals surface area contributed by atoms with Crippen LogP contribution >= 0.6 is 11.3 Å². The molecule has 0 spiro atoms.